The average Bonchev–Trinajstić information content (AvgIpc) is 2.98. The molecule has 0 unspecified atom stereocenters. The van der Waals surface area contributed by atoms with Crippen molar-refractivity contribution in [2.24, 2.45) is 23.2 Å². The lowest BCUT2D eigenvalue weighted by Crippen LogP contribution is -2.63. The Morgan fingerprint density at radius 2 is 1.98 bits per heavy atom. The van der Waals surface area contributed by atoms with Gasteiger partial charge in [-0.2, -0.15) is 11.8 Å². The molecular weight excluding hydrogens is 537 g/mol. The van der Waals surface area contributed by atoms with E-state index in [1.807, 2.05) is 30.0 Å². The summed E-state index contributed by atoms with van der Waals surface area (Å²) >= 11 is 1.95. The highest BCUT2D eigenvalue weighted by Gasteiger charge is 2.57. The van der Waals surface area contributed by atoms with Crippen molar-refractivity contribution in [3.63, 3.8) is 0 Å². The molecule has 1 N–H and O–H groups in total. The molecule has 3 aliphatic carbocycles. The summed E-state index contributed by atoms with van der Waals surface area (Å²) in [5.41, 5.74) is 2.30. The first-order valence-electron chi connectivity index (χ1n) is 14.7. The second kappa shape index (κ2) is 11.0. The molecule has 2 aromatic carbocycles. The van der Waals surface area contributed by atoms with Crippen LogP contribution in [0.1, 0.15) is 39.2 Å². The zero-order chi connectivity index (χ0) is 28.9. The highest BCUT2D eigenvalue weighted by Crippen LogP contribution is 2.62. The molecule has 3 aromatic rings. The third-order valence-corrected chi connectivity index (χ3v) is 11.1. The van der Waals surface area contributed by atoms with E-state index in [4.69, 9.17) is 4.74 Å². The number of thioether (sulfide) groups is 1. The van der Waals surface area contributed by atoms with Crippen LogP contribution in [-0.4, -0.2) is 58.2 Å². The van der Waals surface area contributed by atoms with Crippen molar-refractivity contribution in [2.45, 2.75) is 52.6 Å². The molecule has 2 heterocycles. The Morgan fingerprint density at radius 1 is 1.20 bits per heavy atom. The number of nitrogens with zero attached hydrogens (tertiary/aromatic N) is 4. The van der Waals surface area contributed by atoms with Gasteiger partial charge in [-0.25, -0.2) is 9.37 Å². The van der Waals surface area contributed by atoms with Crippen molar-refractivity contribution in [1.82, 2.24) is 14.5 Å². The Hall–Kier alpha value is -3.07. The molecule has 0 amide bonds. The topological polar surface area (TPSA) is 74.5 Å². The third-order valence-electron chi connectivity index (χ3n) is 10.2. The average molecular weight is 578 g/mol. The Balaban J connectivity index is 1.29. The van der Waals surface area contributed by atoms with Gasteiger partial charge in [-0.15, -0.1) is 0 Å². The fraction of sp³-hybridized carbons (Fsp3) is 0.531. The molecule has 218 valence electrons. The van der Waals surface area contributed by atoms with Crippen molar-refractivity contribution in [3.8, 4) is 5.75 Å². The van der Waals surface area contributed by atoms with Gasteiger partial charge in [-0.1, -0.05) is 26.8 Å². The number of fused-ring (bicyclic) bond motifs is 3. The van der Waals surface area contributed by atoms with E-state index in [2.05, 4.69) is 35.6 Å². The lowest BCUT2D eigenvalue weighted by atomic mass is 9.44. The predicted octanol–water partition coefficient (Wildman–Crippen LogP) is 5.65. The molecule has 3 saturated carbocycles. The third kappa shape index (κ3) is 5.00. The molecule has 7 rings (SSSR count). The number of rotatable bonds is 6. The number of aryl methyl sites for hydroxylation is 2. The van der Waals surface area contributed by atoms with Crippen LogP contribution in [0.15, 0.2) is 47.5 Å². The second-order valence-corrected chi connectivity index (χ2v) is 13.7. The lowest BCUT2D eigenvalue weighted by Gasteiger charge is -2.63. The largest absolute Gasteiger partial charge is 0.497 e. The Kier molecular flexibility index (Phi) is 7.51. The van der Waals surface area contributed by atoms with Crippen LogP contribution in [-0.2, 0) is 13.0 Å². The maximum Gasteiger partial charge on any atom is 0.261 e. The number of methoxy groups -OCH3 is 1. The van der Waals surface area contributed by atoms with Gasteiger partial charge in [0.05, 0.1) is 24.3 Å². The summed E-state index contributed by atoms with van der Waals surface area (Å²) in [6.45, 7) is 9.26. The van der Waals surface area contributed by atoms with E-state index < -0.39 is 0 Å². The minimum Gasteiger partial charge on any atom is -0.497 e. The molecule has 7 nitrogen and oxygen atoms in total. The lowest BCUT2D eigenvalue weighted by molar-refractivity contribution is -0.108. The fourth-order valence-corrected chi connectivity index (χ4v) is 8.32. The van der Waals surface area contributed by atoms with Gasteiger partial charge < -0.3 is 14.5 Å². The first-order chi connectivity index (χ1) is 19.7. The second-order valence-electron chi connectivity index (χ2n) is 12.5. The highest BCUT2D eigenvalue weighted by molar-refractivity contribution is 7.99. The van der Waals surface area contributed by atoms with Crippen molar-refractivity contribution in [3.05, 3.63) is 64.5 Å². The van der Waals surface area contributed by atoms with Gasteiger partial charge in [0, 0.05) is 48.9 Å². The molecule has 41 heavy (non-hydrogen) atoms. The van der Waals surface area contributed by atoms with Gasteiger partial charge in [-0.05, 0) is 72.3 Å². The number of ether oxygens (including phenoxy) is 1. The van der Waals surface area contributed by atoms with Crippen molar-refractivity contribution >= 4 is 34.3 Å². The maximum absolute atomic E-state index is 14.5. The highest BCUT2D eigenvalue weighted by atomic mass is 32.2. The van der Waals surface area contributed by atoms with Gasteiger partial charge >= 0.3 is 0 Å². The summed E-state index contributed by atoms with van der Waals surface area (Å²) in [5, 5.41) is 9.90. The van der Waals surface area contributed by atoms with Crippen LogP contribution in [0.25, 0.3) is 10.9 Å². The summed E-state index contributed by atoms with van der Waals surface area (Å²) in [5.74, 6) is 4.55. The number of anilines is 1. The zero-order valence-corrected chi connectivity index (χ0v) is 25.2. The molecule has 9 heteroatoms. The minimum atomic E-state index is -0.344. The fourth-order valence-electron chi connectivity index (χ4n) is 7.42. The molecule has 4 atom stereocenters. The van der Waals surface area contributed by atoms with E-state index in [1.54, 1.807) is 23.0 Å². The maximum atomic E-state index is 14.5. The number of aromatic nitrogens is 2. The van der Waals surface area contributed by atoms with Gasteiger partial charge in [0.2, 0.25) is 0 Å². The van der Waals surface area contributed by atoms with E-state index >= 15 is 0 Å². The van der Waals surface area contributed by atoms with Crippen LogP contribution >= 0.6 is 11.8 Å². The van der Waals surface area contributed by atoms with E-state index in [1.165, 1.54) is 19.6 Å². The van der Waals surface area contributed by atoms with E-state index in [-0.39, 0.29) is 17.4 Å². The van der Waals surface area contributed by atoms with E-state index in [9.17, 15) is 14.6 Å². The zero-order valence-electron chi connectivity index (χ0n) is 24.4. The summed E-state index contributed by atoms with van der Waals surface area (Å²) < 4.78 is 21.1. The van der Waals surface area contributed by atoms with Crippen LogP contribution in [0.4, 0.5) is 10.1 Å². The number of hydrogen-bond acceptors (Lipinski definition) is 5. The number of guanidine groups is 1. The standard InChI is InChI=1S/C32H40FN5O2S/c1-20-26-15-22(32(26,2)3)16-29(20)38(31(34)36-11-13-41-14-12-36)23-6-8-25-28(17-23)35-19-37(30(25)39)10-9-21-5-7-24(40-4)18-27(21)33/h5-8,17-20,22,26,29,34H,9-16H2,1-4H3/t20-,22-,26+,29-/m0/s1. The van der Waals surface area contributed by atoms with Crippen LogP contribution < -0.4 is 15.2 Å². The number of benzene rings is 2. The van der Waals surface area contributed by atoms with E-state index in [0.29, 0.717) is 64.3 Å². The molecule has 1 aromatic heterocycles. The summed E-state index contributed by atoms with van der Waals surface area (Å²) in [7, 11) is 1.51. The van der Waals surface area contributed by atoms with Crippen LogP contribution in [0.5, 0.6) is 5.75 Å². The number of hydrogen-bond donors (Lipinski definition) is 1. The number of halogens is 1. The molecule has 1 saturated heterocycles. The Morgan fingerprint density at radius 3 is 2.66 bits per heavy atom. The van der Waals surface area contributed by atoms with E-state index in [0.717, 1.165) is 36.7 Å². The van der Waals surface area contributed by atoms with Crippen molar-refractivity contribution < 1.29 is 9.13 Å². The van der Waals surface area contributed by atoms with Gasteiger partial charge in [0.1, 0.15) is 11.6 Å². The summed E-state index contributed by atoms with van der Waals surface area (Å²) in [6.07, 6.45) is 4.29. The molecule has 1 aliphatic heterocycles. The van der Waals surface area contributed by atoms with Crippen LogP contribution in [0.2, 0.25) is 0 Å². The smallest absolute Gasteiger partial charge is 0.261 e. The molecule has 4 aliphatic rings. The SMILES string of the molecule is COc1ccc(CCn2cnc3cc(N(C(=N)N4CCSCC4)[C@H]4C[C@@H]5C[C@H]([C@@H]4C)C5(C)C)ccc3c2=O)c(F)c1. The first-order valence-corrected chi connectivity index (χ1v) is 15.9. The van der Waals surface area contributed by atoms with Crippen molar-refractivity contribution in [2.75, 3.05) is 36.6 Å². The minimum absolute atomic E-state index is 0.140. The Bertz CT molecular complexity index is 1520. The van der Waals surface area contributed by atoms with Gasteiger partial charge in [0.25, 0.3) is 5.56 Å². The van der Waals surface area contributed by atoms with Crippen LogP contribution in [0.3, 0.4) is 0 Å². The van der Waals surface area contributed by atoms with Gasteiger partial charge in [-0.3, -0.25) is 14.8 Å². The predicted molar refractivity (Wildman–Crippen MR) is 165 cm³/mol. The molecule has 0 spiro atoms. The molecular formula is C32H40FN5O2S. The van der Waals surface area contributed by atoms with Crippen molar-refractivity contribution in [1.29, 1.82) is 5.41 Å². The Labute approximate surface area is 245 Å². The first kappa shape index (κ1) is 28.1. The summed E-state index contributed by atoms with van der Waals surface area (Å²) in [6, 6.07) is 10.9. The normalized spacial score (nSPS) is 25.0. The monoisotopic (exact) mass is 577 g/mol. The number of nitrogens with one attached hydrogen (secondary N) is 1. The summed E-state index contributed by atoms with van der Waals surface area (Å²) in [4.78, 5) is 22.5. The quantitative estimate of drug-likeness (QED) is 0.302. The molecule has 0 radical (unpaired) electrons. The molecule has 2 bridgehead atoms. The van der Waals surface area contributed by atoms with Gasteiger partial charge in [0.15, 0.2) is 5.96 Å². The molecule has 4 fully saturated rings. The van der Waals surface area contributed by atoms with Crippen LogP contribution in [0, 0.1) is 34.4 Å².